The zero-order valence-electron chi connectivity index (χ0n) is 14.4. The van der Waals surface area contributed by atoms with Crippen molar-refractivity contribution < 1.29 is 4.74 Å². The van der Waals surface area contributed by atoms with Gasteiger partial charge in [0.1, 0.15) is 5.75 Å². The molecule has 2 aromatic carbocycles. The Morgan fingerprint density at radius 3 is 2.14 bits per heavy atom. The highest BCUT2D eigenvalue weighted by atomic mass is 16.5. The lowest BCUT2D eigenvalue weighted by molar-refractivity contribution is 0.405. The summed E-state index contributed by atoms with van der Waals surface area (Å²) in [6.07, 6.45) is 0.953. The van der Waals surface area contributed by atoms with Crippen molar-refractivity contribution in [1.82, 2.24) is 0 Å². The highest BCUT2D eigenvalue weighted by molar-refractivity contribution is 5.43. The van der Waals surface area contributed by atoms with E-state index in [4.69, 9.17) is 10.5 Å². The van der Waals surface area contributed by atoms with E-state index in [9.17, 15) is 0 Å². The maximum atomic E-state index is 6.10. The molecule has 2 aromatic rings. The van der Waals surface area contributed by atoms with Crippen LogP contribution in [-0.4, -0.2) is 13.7 Å². The summed E-state index contributed by atoms with van der Waals surface area (Å²) >= 11 is 0. The molecule has 1 atom stereocenters. The molecule has 0 bridgehead atoms. The molecule has 0 aliphatic rings. The van der Waals surface area contributed by atoms with E-state index in [0.717, 1.165) is 12.2 Å². The van der Waals surface area contributed by atoms with E-state index in [1.807, 2.05) is 6.07 Å². The fraction of sp³-hybridized carbons (Fsp3) is 0.400. The van der Waals surface area contributed by atoms with E-state index in [2.05, 4.69) is 52.0 Å². The standard InChI is InChI=1S/C20H27NO/c1-13-6-7-20(22-5)19(10-13)17(12-21)11-18-15(3)8-14(2)9-16(18)4/h6-10,17H,11-12,21H2,1-5H3. The van der Waals surface area contributed by atoms with Crippen molar-refractivity contribution in [1.29, 1.82) is 0 Å². The summed E-state index contributed by atoms with van der Waals surface area (Å²) in [6.45, 7) is 9.26. The summed E-state index contributed by atoms with van der Waals surface area (Å²) in [4.78, 5) is 0. The molecule has 0 aliphatic carbocycles. The van der Waals surface area contributed by atoms with Gasteiger partial charge in [0.25, 0.3) is 0 Å². The molecule has 2 rings (SSSR count). The second-order valence-corrected chi connectivity index (χ2v) is 6.26. The number of methoxy groups -OCH3 is 1. The van der Waals surface area contributed by atoms with Gasteiger partial charge in [-0.05, 0) is 69.0 Å². The van der Waals surface area contributed by atoms with Crippen molar-refractivity contribution in [3.63, 3.8) is 0 Å². The molecule has 0 amide bonds. The van der Waals surface area contributed by atoms with Crippen molar-refractivity contribution in [2.24, 2.45) is 5.73 Å². The lowest BCUT2D eigenvalue weighted by atomic mass is 9.86. The Hall–Kier alpha value is -1.80. The van der Waals surface area contributed by atoms with Crippen LogP contribution in [0.25, 0.3) is 0 Å². The van der Waals surface area contributed by atoms with Crippen LogP contribution in [0.1, 0.15) is 39.3 Å². The summed E-state index contributed by atoms with van der Waals surface area (Å²) in [5.41, 5.74) is 14.0. The Morgan fingerprint density at radius 1 is 0.955 bits per heavy atom. The molecule has 0 aliphatic heterocycles. The predicted octanol–water partition coefficient (Wildman–Crippen LogP) is 4.21. The van der Waals surface area contributed by atoms with Gasteiger partial charge in [-0.1, -0.05) is 35.4 Å². The van der Waals surface area contributed by atoms with Crippen molar-refractivity contribution in [2.45, 2.75) is 40.0 Å². The minimum atomic E-state index is 0.273. The predicted molar refractivity (Wildman–Crippen MR) is 93.9 cm³/mol. The molecule has 0 saturated carbocycles. The van der Waals surface area contributed by atoms with Crippen LogP contribution in [0.5, 0.6) is 5.75 Å². The lowest BCUT2D eigenvalue weighted by Gasteiger charge is -2.21. The van der Waals surface area contributed by atoms with Crippen LogP contribution in [0, 0.1) is 27.7 Å². The molecule has 2 heteroatoms. The van der Waals surface area contributed by atoms with Gasteiger partial charge < -0.3 is 10.5 Å². The fourth-order valence-electron chi connectivity index (χ4n) is 3.27. The van der Waals surface area contributed by atoms with E-state index in [1.54, 1.807) is 7.11 Å². The fourth-order valence-corrected chi connectivity index (χ4v) is 3.27. The van der Waals surface area contributed by atoms with Crippen LogP contribution in [0.3, 0.4) is 0 Å². The van der Waals surface area contributed by atoms with Gasteiger partial charge in [-0.2, -0.15) is 0 Å². The Balaban J connectivity index is 2.40. The molecule has 0 heterocycles. The number of nitrogens with two attached hydrogens (primary N) is 1. The maximum absolute atomic E-state index is 6.10. The van der Waals surface area contributed by atoms with Gasteiger partial charge in [0.05, 0.1) is 7.11 Å². The van der Waals surface area contributed by atoms with Crippen molar-refractivity contribution in [3.05, 3.63) is 63.7 Å². The van der Waals surface area contributed by atoms with Crippen LogP contribution in [0.2, 0.25) is 0 Å². The average molecular weight is 297 g/mol. The van der Waals surface area contributed by atoms with E-state index in [0.29, 0.717) is 6.54 Å². The summed E-state index contributed by atoms with van der Waals surface area (Å²) in [5.74, 6) is 1.21. The van der Waals surface area contributed by atoms with Gasteiger partial charge >= 0.3 is 0 Å². The molecule has 22 heavy (non-hydrogen) atoms. The third-order valence-corrected chi connectivity index (χ3v) is 4.40. The number of aryl methyl sites for hydroxylation is 4. The molecular weight excluding hydrogens is 270 g/mol. The smallest absolute Gasteiger partial charge is 0.122 e. The molecule has 0 fully saturated rings. The van der Waals surface area contributed by atoms with Crippen LogP contribution in [0.15, 0.2) is 30.3 Å². The average Bonchev–Trinajstić information content (AvgIpc) is 2.46. The Kier molecular flexibility index (Phi) is 5.25. The van der Waals surface area contributed by atoms with E-state index >= 15 is 0 Å². The van der Waals surface area contributed by atoms with Gasteiger partial charge in [-0.15, -0.1) is 0 Å². The molecule has 1 unspecified atom stereocenters. The van der Waals surface area contributed by atoms with Crippen LogP contribution in [0.4, 0.5) is 0 Å². The largest absolute Gasteiger partial charge is 0.496 e. The van der Waals surface area contributed by atoms with E-state index < -0.39 is 0 Å². The third kappa shape index (κ3) is 3.50. The first-order chi connectivity index (χ1) is 10.5. The van der Waals surface area contributed by atoms with Gasteiger partial charge in [0, 0.05) is 5.92 Å². The molecule has 2 N–H and O–H groups in total. The minimum Gasteiger partial charge on any atom is -0.496 e. The topological polar surface area (TPSA) is 35.2 Å². The number of hydrogen-bond donors (Lipinski definition) is 1. The highest BCUT2D eigenvalue weighted by Gasteiger charge is 2.18. The summed E-state index contributed by atoms with van der Waals surface area (Å²) in [7, 11) is 1.73. The second kappa shape index (κ2) is 6.97. The summed E-state index contributed by atoms with van der Waals surface area (Å²) in [6, 6.07) is 10.8. The lowest BCUT2D eigenvalue weighted by Crippen LogP contribution is -2.17. The number of hydrogen-bond acceptors (Lipinski definition) is 2. The Morgan fingerprint density at radius 2 is 1.59 bits per heavy atom. The second-order valence-electron chi connectivity index (χ2n) is 6.26. The summed E-state index contributed by atoms with van der Waals surface area (Å²) < 4.78 is 5.54. The van der Waals surface area contributed by atoms with E-state index in [-0.39, 0.29) is 5.92 Å². The quantitative estimate of drug-likeness (QED) is 0.897. The molecule has 2 nitrogen and oxygen atoms in total. The van der Waals surface area contributed by atoms with Crippen LogP contribution in [-0.2, 0) is 6.42 Å². The summed E-state index contributed by atoms with van der Waals surface area (Å²) in [5, 5.41) is 0. The molecule has 0 aromatic heterocycles. The zero-order valence-corrected chi connectivity index (χ0v) is 14.4. The molecule has 0 spiro atoms. The minimum absolute atomic E-state index is 0.273. The van der Waals surface area contributed by atoms with Crippen LogP contribution >= 0.6 is 0 Å². The van der Waals surface area contributed by atoms with Crippen molar-refractivity contribution >= 4 is 0 Å². The Bertz CT molecular complexity index is 638. The van der Waals surface area contributed by atoms with Gasteiger partial charge in [-0.25, -0.2) is 0 Å². The van der Waals surface area contributed by atoms with Crippen LogP contribution < -0.4 is 10.5 Å². The molecule has 0 radical (unpaired) electrons. The number of ether oxygens (including phenoxy) is 1. The first kappa shape index (κ1) is 16.6. The van der Waals surface area contributed by atoms with Crippen molar-refractivity contribution in [2.75, 3.05) is 13.7 Å². The van der Waals surface area contributed by atoms with Gasteiger partial charge in [-0.3, -0.25) is 0 Å². The van der Waals surface area contributed by atoms with Crippen molar-refractivity contribution in [3.8, 4) is 5.75 Å². The monoisotopic (exact) mass is 297 g/mol. The SMILES string of the molecule is COc1ccc(C)cc1C(CN)Cc1c(C)cc(C)cc1C. The normalized spacial score (nSPS) is 12.3. The first-order valence-corrected chi connectivity index (χ1v) is 7.87. The van der Waals surface area contributed by atoms with Gasteiger partial charge in [0.2, 0.25) is 0 Å². The zero-order chi connectivity index (χ0) is 16.3. The Labute approximate surface area is 134 Å². The number of rotatable bonds is 5. The van der Waals surface area contributed by atoms with E-state index in [1.165, 1.54) is 33.4 Å². The van der Waals surface area contributed by atoms with Gasteiger partial charge in [0.15, 0.2) is 0 Å². The number of benzene rings is 2. The first-order valence-electron chi connectivity index (χ1n) is 7.87. The third-order valence-electron chi connectivity index (χ3n) is 4.40. The highest BCUT2D eigenvalue weighted by Crippen LogP contribution is 2.31. The molecular formula is C20H27NO. The maximum Gasteiger partial charge on any atom is 0.122 e. The molecule has 0 saturated heterocycles. The molecule has 118 valence electrons.